The van der Waals surface area contributed by atoms with Gasteiger partial charge in [0.25, 0.3) is 10.0 Å². The second kappa shape index (κ2) is 8.27. The van der Waals surface area contributed by atoms with Gasteiger partial charge < -0.3 is 10.1 Å². The predicted octanol–water partition coefficient (Wildman–Crippen LogP) is 2.48. The summed E-state index contributed by atoms with van der Waals surface area (Å²) in [7, 11) is -3.37. The third-order valence-corrected chi connectivity index (χ3v) is 7.39. The maximum absolute atomic E-state index is 12.7. The van der Waals surface area contributed by atoms with Crippen LogP contribution in [0.5, 0.6) is 5.75 Å². The van der Waals surface area contributed by atoms with Crippen molar-refractivity contribution in [3.63, 3.8) is 0 Å². The summed E-state index contributed by atoms with van der Waals surface area (Å²) >= 11 is 1.27. The van der Waals surface area contributed by atoms with E-state index in [-0.39, 0.29) is 6.04 Å². The molecule has 0 amide bonds. The number of hydrogen-bond donors (Lipinski definition) is 1. The van der Waals surface area contributed by atoms with Crippen LogP contribution in [0.15, 0.2) is 40.2 Å². The van der Waals surface area contributed by atoms with Crippen molar-refractivity contribution in [1.29, 1.82) is 0 Å². The minimum Gasteiger partial charge on any atom is -0.492 e. The van der Waals surface area contributed by atoms with Crippen molar-refractivity contribution < 1.29 is 13.2 Å². The molecule has 0 spiro atoms. The highest BCUT2D eigenvalue weighted by Crippen LogP contribution is 2.24. The Bertz CT molecular complexity index is 778. The molecule has 3 rings (SSSR count). The Balaban J connectivity index is 1.60. The van der Waals surface area contributed by atoms with Crippen molar-refractivity contribution in [2.75, 3.05) is 19.7 Å². The van der Waals surface area contributed by atoms with E-state index >= 15 is 0 Å². The molecule has 8 heteroatoms. The summed E-state index contributed by atoms with van der Waals surface area (Å²) in [5, 5.41) is 5.25. The van der Waals surface area contributed by atoms with E-state index in [9.17, 15) is 8.42 Å². The van der Waals surface area contributed by atoms with Gasteiger partial charge in [0.1, 0.15) is 9.96 Å². The van der Waals surface area contributed by atoms with E-state index in [0.717, 1.165) is 24.2 Å². The Hall–Kier alpha value is -1.48. The van der Waals surface area contributed by atoms with Gasteiger partial charge in [-0.2, -0.15) is 4.31 Å². The molecular weight excluding hydrogens is 358 g/mol. The summed E-state index contributed by atoms with van der Waals surface area (Å²) in [5.41, 5.74) is 1.03. The van der Waals surface area contributed by atoms with Crippen LogP contribution in [0.1, 0.15) is 25.3 Å². The molecule has 2 aromatic heterocycles. The van der Waals surface area contributed by atoms with Crippen LogP contribution in [-0.2, 0) is 16.6 Å². The first-order chi connectivity index (χ1) is 12.1. The fraction of sp³-hybridized carbons (Fsp3) is 0.471. The summed E-state index contributed by atoms with van der Waals surface area (Å²) in [6, 6.07) is 5.54. The molecule has 0 radical (unpaired) electrons. The lowest BCUT2D eigenvalue weighted by Crippen LogP contribution is -2.47. The number of sulfonamides is 1. The number of rotatable bonds is 7. The van der Waals surface area contributed by atoms with Gasteiger partial charge >= 0.3 is 0 Å². The standard InChI is InChI=1S/C17H23N3O3S2/c1-2-23-16-9-14(10-18-12-16)11-19-15-5-3-7-20(13-15)25(21,22)17-6-4-8-24-17/h4,6,8-10,12,15,19H,2-3,5,7,11,13H2,1H3/t15-/m1/s1. The summed E-state index contributed by atoms with van der Waals surface area (Å²) in [4.78, 5) is 4.19. The molecule has 6 nitrogen and oxygen atoms in total. The molecule has 1 atom stereocenters. The number of nitrogens with zero attached hydrogens (tertiary/aromatic N) is 2. The first-order valence-corrected chi connectivity index (χ1v) is 10.8. The molecule has 0 saturated carbocycles. The van der Waals surface area contributed by atoms with Crippen LogP contribution in [0.3, 0.4) is 0 Å². The smallest absolute Gasteiger partial charge is 0.252 e. The molecule has 2 aromatic rings. The van der Waals surface area contributed by atoms with E-state index in [2.05, 4.69) is 10.3 Å². The highest BCUT2D eigenvalue weighted by Gasteiger charge is 2.30. The number of hydrogen-bond acceptors (Lipinski definition) is 6. The first kappa shape index (κ1) is 18.3. The number of aromatic nitrogens is 1. The molecule has 25 heavy (non-hydrogen) atoms. The van der Waals surface area contributed by atoms with Gasteiger partial charge in [-0.1, -0.05) is 6.07 Å². The largest absolute Gasteiger partial charge is 0.492 e. The second-order valence-electron chi connectivity index (χ2n) is 5.98. The van der Waals surface area contributed by atoms with Gasteiger partial charge in [0.15, 0.2) is 0 Å². The fourth-order valence-electron chi connectivity index (χ4n) is 2.93. The number of nitrogens with one attached hydrogen (secondary N) is 1. The van der Waals surface area contributed by atoms with Crippen LogP contribution in [0.4, 0.5) is 0 Å². The number of pyridine rings is 1. The second-order valence-corrected chi connectivity index (χ2v) is 9.09. The molecule has 1 aliphatic rings. The van der Waals surface area contributed by atoms with Crippen molar-refractivity contribution in [1.82, 2.24) is 14.6 Å². The predicted molar refractivity (Wildman–Crippen MR) is 98.3 cm³/mol. The Morgan fingerprint density at radius 3 is 3.08 bits per heavy atom. The Morgan fingerprint density at radius 1 is 1.44 bits per heavy atom. The molecule has 0 bridgehead atoms. The van der Waals surface area contributed by atoms with Crippen molar-refractivity contribution in [2.24, 2.45) is 0 Å². The van der Waals surface area contributed by atoms with Crippen LogP contribution >= 0.6 is 11.3 Å². The summed E-state index contributed by atoms with van der Waals surface area (Å²) < 4.78 is 32.8. The third kappa shape index (κ3) is 4.58. The van der Waals surface area contributed by atoms with Gasteiger partial charge in [0.05, 0.1) is 12.8 Å². The molecule has 0 aromatic carbocycles. The Morgan fingerprint density at radius 2 is 2.32 bits per heavy atom. The summed E-state index contributed by atoms with van der Waals surface area (Å²) in [6.07, 6.45) is 5.33. The van der Waals surface area contributed by atoms with E-state index < -0.39 is 10.0 Å². The van der Waals surface area contributed by atoms with Crippen molar-refractivity contribution >= 4 is 21.4 Å². The van der Waals surface area contributed by atoms with Gasteiger partial charge in [0.2, 0.25) is 0 Å². The molecule has 0 aliphatic carbocycles. The quantitative estimate of drug-likeness (QED) is 0.798. The average Bonchev–Trinajstić information content (AvgIpc) is 3.16. The monoisotopic (exact) mass is 381 g/mol. The van der Waals surface area contributed by atoms with Gasteiger partial charge in [-0.05, 0) is 42.8 Å². The van der Waals surface area contributed by atoms with E-state index in [0.29, 0.717) is 30.5 Å². The lowest BCUT2D eigenvalue weighted by Gasteiger charge is -2.32. The average molecular weight is 382 g/mol. The minimum atomic E-state index is -3.37. The van der Waals surface area contributed by atoms with Crippen molar-refractivity contribution in [3.05, 3.63) is 41.5 Å². The number of ether oxygens (including phenoxy) is 1. The highest BCUT2D eigenvalue weighted by atomic mass is 32.2. The zero-order chi connectivity index (χ0) is 17.7. The van der Waals surface area contributed by atoms with Crippen LogP contribution in [0, 0.1) is 0 Å². The molecular formula is C17H23N3O3S2. The number of piperidine rings is 1. The molecule has 1 fully saturated rings. The highest BCUT2D eigenvalue weighted by molar-refractivity contribution is 7.91. The van der Waals surface area contributed by atoms with Crippen molar-refractivity contribution in [3.8, 4) is 5.75 Å². The van der Waals surface area contributed by atoms with Gasteiger partial charge in [0, 0.05) is 31.9 Å². The summed E-state index contributed by atoms with van der Waals surface area (Å²) in [6.45, 7) is 4.27. The van der Waals surface area contributed by atoms with Crippen LogP contribution in [0.25, 0.3) is 0 Å². The van der Waals surface area contributed by atoms with Gasteiger partial charge in [-0.3, -0.25) is 4.98 Å². The molecule has 136 valence electrons. The topological polar surface area (TPSA) is 71.5 Å². The van der Waals surface area contributed by atoms with E-state index in [1.807, 2.05) is 13.0 Å². The van der Waals surface area contributed by atoms with E-state index in [4.69, 9.17) is 4.74 Å². The fourth-order valence-corrected chi connectivity index (χ4v) is 5.60. The van der Waals surface area contributed by atoms with E-state index in [1.165, 1.54) is 11.3 Å². The van der Waals surface area contributed by atoms with Crippen LogP contribution in [0.2, 0.25) is 0 Å². The number of thiophene rings is 1. The maximum Gasteiger partial charge on any atom is 0.252 e. The van der Waals surface area contributed by atoms with Gasteiger partial charge in [-0.25, -0.2) is 8.42 Å². The summed E-state index contributed by atoms with van der Waals surface area (Å²) in [5.74, 6) is 0.757. The molecule has 1 N–H and O–H groups in total. The van der Waals surface area contributed by atoms with Crippen molar-refractivity contribution in [2.45, 2.75) is 36.6 Å². The lowest BCUT2D eigenvalue weighted by molar-refractivity contribution is 0.282. The normalized spacial score (nSPS) is 19.0. The Kier molecular flexibility index (Phi) is 6.06. The zero-order valence-electron chi connectivity index (χ0n) is 14.2. The molecule has 3 heterocycles. The molecule has 1 aliphatic heterocycles. The van der Waals surface area contributed by atoms with E-state index in [1.54, 1.807) is 34.2 Å². The molecule has 1 saturated heterocycles. The van der Waals surface area contributed by atoms with Crippen LogP contribution < -0.4 is 10.1 Å². The zero-order valence-corrected chi connectivity index (χ0v) is 15.9. The van der Waals surface area contributed by atoms with Gasteiger partial charge in [-0.15, -0.1) is 11.3 Å². The third-order valence-electron chi connectivity index (χ3n) is 4.15. The van der Waals surface area contributed by atoms with Crippen LogP contribution in [-0.4, -0.2) is 43.4 Å². The SMILES string of the molecule is CCOc1cncc(CN[C@@H]2CCCN(S(=O)(=O)c3cccs3)C2)c1. The minimum absolute atomic E-state index is 0.138. The lowest BCUT2D eigenvalue weighted by atomic mass is 10.1. The molecule has 0 unspecified atom stereocenters. The maximum atomic E-state index is 12.7. The Labute approximate surface area is 152 Å². The first-order valence-electron chi connectivity index (χ1n) is 8.43.